The van der Waals surface area contributed by atoms with E-state index >= 15 is 0 Å². The SMILES string of the molecule is O=C(COc1cccc2c1C(=O)N(C1CCC(=O)NC1=O)C2=O)NCCN1CCNCC1. The number of rotatable bonds is 7. The molecule has 2 fully saturated rings. The summed E-state index contributed by atoms with van der Waals surface area (Å²) in [5, 5.41) is 8.21. The van der Waals surface area contributed by atoms with Crippen molar-refractivity contribution in [1.82, 2.24) is 25.8 Å². The molecule has 3 heterocycles. The number of benzene rings is 1. The zero-order chi connectivity index (χ0) is 22.7. The van der Waals surface area contributed by atoms with Crippen LogP contribution in [0, 0.1) is 0 Å². The second-order valence-corrected chi connectivity index (χ2v) is 7.86. The van der Waals surface area contributed by atoms with Gasteiger partial charge in [0.2, 0.25) is 11.8 Å². The largest absolute Gasteiger partial charge is 0.483 e. The summed E-state index contributed by atoms with van der Waals surface area (Å²) >= 11 is 0. The number of nitrogens with one attached hydrogen (secondary N) is 3. The number of ether oxygens (including phenoxy) is 1. The van der Waals surface area contributed by atoms with Gasteiger partial charge in [0.25, 0.3) is 17.7 Å². The molecule has 3 N–H and O–H groups in total. The normalized spacial score (nSPS) is 21.4. The van der Waals surface area contributed by atoms with Gasteiger partial charge in [-0.25, -0.2) is 0 Å². The van der Waals surface area contributed by atoms with E-state index in [9.17, 15) is 24.0 Å². The first-order valence-corrected chi connectivity index (χ1v) is 10.6. The fraction of sp³-hybridized carbons (Fsp3) is 0.476. The van der Waals surface area contributed by atoms with Gasteiger partial charge in [0.15, 0.2) is 6.61 Å². The number of carbonyl (C=O) groups excluding carboxylic acids is 5. The fourth-order valence-corrected chi connectivity index (χ4v) is 4.09. The van der Waals surface area contributed by atoms with Crippen LogP contribution in [0.4, 0.5) is 0 Å². The molecule has 4 rings (SSSR count). The van der Waals surface area contributed by atoms with E-state index in [1.807, 2.05) is 0 Å². The first-order valence-electron chi connectivity index (χ1n) is 10.6. The molecule has 1 aromatic rings. The first kappa shape index (κ1) is 21.9. The third kappa shape index (κ3) is 4.48. The number of nitrogens with zero attached hydrogens (tertiary/aromatic N) is 2. The van der Waals surface area contributed by atoms with Gasteiger partial charge in [0, 0.05) is 45.7 Å². The van der Waals surface area contributed by atoms with Gasteiger partial charge >= 0.3 is 0 Å². The van der Waals surface area contributed by atoms with E-state index in [2.05, 4.69) is 20.9 Å². The topological polar surface area (TPSA) is 137 Å². The average Bonchev–Trinajstić information content (AvgIpc) is 3.04. The maximum atomic E-state index is 13.0. The summed E-state index contributed by atoms with van der Waals surface area (Å²) in [6.45, 7) is 4.64. The lowest BCUT2D eigenvalue weighted by atomic mass is 10.0. The molecule has 5 amide bonds. The van der Waals surface area contributed by atoms with Gasteiger partial charge in [-0.2, -0.15) is 0 Å². The minimum Gasteiger partial charge on any atom is -0.483 e. The van der Waals surface area contributed by atoms with Crippen LogP contribution in [0.1, 0.15) is 33.6 Å². The lowest BCUT2D eigenvalue weighted by Crippen LogP contribution is -2.54. The molecule has 11 nitrogen and oxygen atoms in total. The number of hydrogen-bond donors (Lipinski definition) is 3. The zero-order valence-corrected chi connectivity index (χ0v) is 17.5. The highest BCUT2D eigenvalue weighted by molar-refractivity contribution is 6.24. The Labute approximate surface area is 184 Å². The molecular formula is C21H25N5O6. The molecular weight excluding hydrogens is 418 g/mol. The Morgan fingerprint density at radius 3 is 2.66 bits per heavy atom. The van der Waals surface area contributed by atoms with E-state index in [-0.39, 0.29) is 42.2 Å². The summed E-state index contributed by atoms with van der Waals surface area (Å²) in [6, 6.07) is 3.48. The lowest BCUT2D eigenvalue weighted by molar-refractivity contribution is -0.136. The molecule has 32 heavy (non-hydrogen) atoms. The van der Waals surface area contributed by atoms with Crippen molar-refractivity contribution in [2.24, 2.45) is 0 Å². The van der Waals surface area contributed by atoms with Crippen molar-refractivity contribution in [2.75, 3.05) is 45.9 Å². The third-order valence-electron chi connectivity index (χ3n) is 5.75. The molecule has 0 bridgehead atoms. The molecule has 170 valence electrons. The maximum absolute atomic E-state index is 13.0. The highest BCUT2D eigenvalue weighted by Gasteiger charge is 2.46. The molecule has 1 unspecified atom stereocenters. The molecule has 0 radical (unpaired) electrons. The molecule has 0 spiro atoms. The van der Waals surface area contributed by atoms with Crippen molar-refractivity contribution in [2.45, 2.75) is 18.9 Å². The third-order valence-corrected chi connectivity index (χ3v) is 5.75. The Balaban J connectivity index is 1.37. The van der Waals surface area contributed by atoms with Crippen LogP contribution < -0.4 is 20.7 Å². The Morgan fingerprint density at radius 2 is 1.91 bits per heavy atom. The average molecular weight is 443 g/mol. The van der Waals surface area contributed by atoms with Gasteiger partial charge in [-0.15, -0.1) is 0 Å². The Bertz CT molecular complexity index is 958. The Morgan fingerprint density at radius 1 is 1.12 bits per heavy atom. The summed E-state index contributed by atoms with van der Waals surface area (Å²) in [6.07, 6.45) is 0.114. The lowest BCUT2D eigenvalue weighted by Gasteiger charge is -2.27. The van der Waals surface area contributed by atoms with Crippen molar-refractivity contribution >= 4 is 29.5 Å². The van der Waals surface area contributed by atoms with Gasteiger partial charge in [-0.3, -0.25) is 39.1 Å². The van der Waals surface area contributed by atoms with Crippen LogP contribution in [0.25, 0.3) is 0 Å². The summed E-state index contributed by atoms with van der Waals surface area (Å²) in [5.74, 6) is -2.64. The van der Waals surface area contributed by atoms with Gasteiger partial charge < -0.3 is 15.4 Å². The van der Waals surface area contributed by atoms with Gasteiger partial charge in [0.05, 0.1) is 11.1 Å². The number of carbonyl (C=O) groups is 5. The quantitative estimate of drug-likeness (QED) is 0.433. The molecule has 2 saturated heterocycles. The monoisotopic (exact) mass is 443 g/mol. The number of piperazine rings is 1. The molecule has 0 aliphatic carbocycles. The van der Waals surface area contributed by atoms with E-state index in [4.69, 9.17) is 4.74 Å². The Kier molecular flexibility index (Phi) is 6.47. The van der Waals surface area contributed by atoms with Gasteiger partial charge in [0.1, 0.15) is 11.8 Å². The van der Waals surface area contributed by atoms with E-state index in [1.165, 1.54) is 12.1 Å². The van der Waals surface area contributed by atoms with E-state index in [1.54, 1.807) is 6.07 Å². The van der Waals surface area contributed by atoms with Crippen molar-refractivity contribution in [3.63, 3.8) is 0 Å². The van der Waals surface area contributed by atoms with E-state index in [0.29, 0.717) is 6.54 Å². The van der Waals surface area contributed by atoms with Crippen molar-refractivity contribution < 1.29 is 28.7 Å². The number of imide groups is 2. The molecule has 1 aromatic carbocycles. The van der Waals surface area contributed by atoms with Gasteiger partial charge in [-0.1, -0.05) is 6.07 Å². The zero-order valence-electron chi connectivity index (χ0n) is 17.5. The van der Waals surface area contributed by atoms with Crippen LogP contribution in [0.15, 0.2) is 18.2 Å². The van der Waals surface area contributed by atoms with Crippen LogP contribution in [-0.2, 0) is 14.4 Å². The van der Waals surface area contributed by atoms with Crippen molar-refractivity contribution in [3.8, 4) is 5.75 Å². The van der Waals surface area contributed by atoms with Crippen molar-refractivity contribution in [3.05, 3.63) is 29.3 Å². The summed E-state index contributed by atoms with van der Waals surface area (Å²) in [7, 11) is 0. The number of fused-ring (bicyclic) bond motifs is 1. The molecule has 1 atom stereocenters. The minimum atomic E-state index is -1.05. The van der Waals surface area contributed by atoms with Crippen LogP contribution in [0.3, 0.4) is 0 Å². The molecule has 3 aliphatic rings. The van der Waals surface area contributed by atoms with Crippen LogP contribution in [0.5, 0.6) is 5.75 Å². The minimum absolute atomic E-state index is 0.0239. The van der Waals surface area contributed by atoms with Crippen molar-refractivity contribution in [1.29, 1.82) is 0 Å². The summed E-state index contributed by atoms with van der Waals surface area (Å²) < 4.78 is 5.56. The fourth-order valence-electron chi connectivity index (χ4n) is 4.09. The first-order chi connectivity index (χ1) is 15.5. The van der Waals surface area contributed by atoms with E-state index < -0.39 is 29.7 Å². The second-order valence-electron chi connectivity index (χ2n) is 7.86. The predicted molar refractivity (Wildman–Crippen MR) is 111 cm³/mol. The van der Waals surface area contributed by atoms with E-state index in [0.717, 1.165) is 37.6 Å². The maximum Gasteiger partial charge on any atom is 0.266 e. The molecule has 3 aliphatic heterocycles. The molecule has 11 heteroatoms. The highest BCUT2D eigenvalue weighted by atomic mass is 16.5. The van der Waals surface area contributed by atoms with Crippen LogP contribution in [-0.4, -0.2) is 91.3 Å². The summed E-state index contributed by atoms with van der Waals surface area (Å²) in [4.78, 5) is 64.7. The number of piperidine rings is 1. The van der Waals surface area contributed by atoms with Crippen LogP contribution in [0.2, 0.25) is 0 Å². The number of hydrogen-bond acceptors (Lipinski definition) is 8. The highest BCUT2D eigenvalue weighted by Crippen LogP contribution is 2.33. The number of amides is 5. The summed E-state index contributed by atoms with van der Waals surface area (Å²) in [5.41, 5.74) is 0.132. The molecule has 0 aromatic heterocycles. The Hall–Kier alpha value is -3.31. The van der Waals surface area contributed by atoms with Crippen LogP contribution >= 0.6 is 0 Å². The second kappa shape index (κ2) is 9.45. The van der Waals surface area contributed by atoms with Gasteiger partial charge in [-0.05, 0) is 18.6 Å². The smallest absolute Gasteiger partial charge is 0.266 e. The standard InChI is InChI=1S/C21H25N5O6/c27-16-5-4-14(19(29)24-16)26-20(30)13-2-1-3-15(18(13)21(26)31)32-12-17(28)23-8-11-25-9-6-22-7-10-25/h1-3,14,22H,4-12H2,(H,23,28)(H,24,27,29). The predicted octanol–water partition coefficient (Wildman–Crippen LogP) is -1.51. The molecule has 0 saturated carbocycles.